The first-order valence-corrected chi connectivity index (χ1v) is 8.39. The number of carbonyl (C=O) groups is 1. The Labute approximate surface area is 119 Å². The zero-order valence-corrected chi connectivity index (χ0v) is 12.2. The number of Topliss-reactive ketones (excluding diaryl/α,β-unsaturated/α-hetero) is 1. The fourth-order valence-corrected chi connectivity index (χ4v) is 4.52. The van der Waals surface area contributed by atoms with E-state index >= 15 is 0 Å². The van der Waals surface area contributed by atoms with E-state index in [0.29, 0.717) is 18.4 Å². The molecule has 1 saturated heterocycles. The van der Waals surface area contributed by atoms with E-state index in [0.717, 1.165) is 12.0 Å². The highest BCUT2D eigenvalue weighted by Gasteiger charge is 2.38. The van der Waals surface area contributed by atoms with E-state index in [1.54, 1.807) is 18.2 Å². The standard InChI is InChI=1S/C15H17NO3S/c1-11-5-4-6-12(9-11)13(10-16)15(17)14-7-2-3-8-20(14,18)19/h4-6,9,13-14H,2-3,7-8H2,1H3. The Bertz CT molecular complexity index is 658. The fourth-order valence-electron chi connectivity index (χ4n) is 2.61. The van der Waals surface area contributed by atoms with Crippen LogP contribution in [-0.2, 0) is 14.6 Å². The number of benzene rings is 1. The minimum atomic E-state index is -3.40. The van der Waals surface area contributed by atoms with Crippen LogP contribution in [0, 0.1) is 18.3 Å². The van der Waals surface area contributed by atoms with Crippen LogP contribution in [0.25, 0.3) is 0 Å². The summed E-state index contributed by atoms with van der Waals surface area (Å²) in [4.78, 5) is 12.5. The summed E-state index contributed by atoms with van der Waals surface area (Å²) >= 11 is 0. The van der Waals surface area contributed by atoms with Gasteiger partial charge in [-0.15, -0.1) is 0 Å². The molecule has 1 heterocycles. The van der Waals surface area contributed by atoms with E-state index in [-0.39, 0.29) is 5.75 Å². The third-order valence-corrected chi connectivity index (χ3v) is 5.88. The second kappa shape index (κ2) is 5.76. The zero-order chi connectivity index (χ0) is 14.8. The van der Waals surface area contributed by atoms with Gasteiger partial charge in [0.05, 0.1) is 11.8 Å². The van der Waals surface area contributed by atoms with Gasteiger partial charge in [0.1, 0.15) is 11.2 Å². The first kappa shape index (κ1) is 14.7. The topological polar surface area (TPSA) is 75.0 Å². The zero-order valence-electron chi connectivity index (χ0n) is 11.4. The smallest absolute Gasteiger partial charge is 0.172 e. The van der Waals surface area contributed by atoms with Gasteiger partial charge in [-0.2, -0.15) is 5.26 Å². The van der Waals surface area contributed by atoms with Crippen molar-refractivity contribution >= 4 is 15.6 Å². The van der Waals surface area contributed by atoms with Crippen LogP contribution in [0.15, 0.2) is 24.3 Å². The quantitative estimate of drug-likeness (QED) is 0.855. The van der Waals surface area contributed by atoms with Gasteiger partial charge < -0.3 is 0 Å². The van der Waals surface area contributed by atoms with E-state index < -0.39 is 26.8 Å². The molecular formula is C15H17NO3S. The summed E-state index contributed by atoms with van der Waals surface area (Å²) in [6, 6.07) is 9.08. The molecule has 2 rings (SSSR count). The molecule has 0 aromatic heterocycles. The van der Waals surface area contributed by atoms with Gasteiger partial charge in [-0.3, -0.25) is 4.79 Å². The molecule has 1 aromatic carbocycles. The number of nitriles is 1. The van der Waals surface area contributed by atoms with Crippen molar-refractivity contribution in [3.63, 3.8) is 0 Å². The maximum atomic E-state index is 12.5. The van der Waals surface area contributed by atoms with Gasteiger partial charge in [-0.25, -0.2) is 8.42 Å². The SMILES string of the molecule is Cc1cccc(C(C#N)C(=O)C2CCCCS2(=O)=O)c1. The number of ketones is 1. The van der Waals surface area contributed by atoms with Gasteiger partial charge >= 0.3 is 0 Å². The second-order valence-corrected chi connectivity index (χ2v) is 7.53. The molecule has 20 heavy (non-hydrogen) atoms. The molecule has 1 aliphatic rings. The Hall–Kier alpha value is -1.67. The van der Waals surface area contributed by atoms with E-state index in [1.165, 1.54) is 0 Å². The molecule has 4 nitrogen and oxygen atoms in total. The van der Waals surface area contributed by atoms with Gasteiger partial charge in [-0.1, -0.05) is 36.2 Å². The van der Waals surface area contributed by atoms with E-state index in [9.17, 15) is 18.5 Å². The van der Waals surface area contributed by atoms with Crippen LogP contribution < -0.4 is 0 Å². The first-order chi connectivity index (χ1) is 9.45. The van der Waals surface area contributed by atoms with Crippen molar-refractivity contribution in [3.05, 3.63) is 35.4 Å². The van der Waals surface area contributed by atoms with Crippen LogP contribution in [-0.4, -0.2) is 25.2 Å². The largest absolute Gasteiger partial charge is 0.296 e. The number of hydrogen-bond donors (Lipinski definition) is 0. The van der Waals surface area contributed by atoms with Gasteiger partial charge in [0.2, 0.25) is 0 Å². The number of carbonyl (C=O) groups excluding carboxylic acids is 1. The lowest BCUT2D eigenvalue weighted by molar-refractivity contribution is -0.119. The Balaban J connectivity index is 2.33. The molecule has 5 heteroatoms. The monoisotopic (exact) mass is 291 g/mol. The van der Waals surface area contributed by atoms with Crippen molar-refractivity contribution in [2.24, 2.45) is 0 Å². The maximum Gasteiger partial charge on any atom is 0.172 e. The summed E-state index contributed by atoms with van der Waals surface area (Å²) in [7, 11) is -3.40. The number of aryl methyl sites for hydroxylation is 1. The van der Waals surface area contributed by atoms with Gasteiger partial charge in [-0.05, 0) is 25.3 Å². The summed E-state index contributed by atoms with van der Waals surface area (Å²) in [6.45, 7) is 1.87. The van der Waals surface area contributed by atoms with Gasteiger partial charge in [0, 0.05) is 0 Å². The highest BCUT2D eigenvalue weighted by Crippen LogP contribution is 2.27. The summed E-state index contributed by atoms with van der Waals surface area (Å²) in [6.07, 6.45) is 1.67. The van der Waals surface area contributed by atoms with Gasteiger partial charge in [0.25, 0.3) is 0 Å². The molecule has 106 valence electrons. The van der Waals surface area contributed by atoms with Crippen molar-refractivity contribution in [1.29, 1.82) is 5.26 Å². The Morgan fingerprint density at radius 2 is 2.15 bits per heavy atom. The molecule has 0 saturated carbocycles. The number of rotatable bonds is 3. The molecule has 1 aromatic rings. The Morgan fingerprint density at radius 1 is 1.40 bits per heavy atom. The molecule has 2 unspecified atom stereocenters. The van der Waals surface area contributed by atoms with E-state index in [1.807, 2.05) is 19.1 Å². The Kier molecular flexibility index (Phi) is 4.24. The predicted octanol–water partition coefficient (Wildman–Crippen LogP) is 2.14. The van der Waals surface area contributed by atoms with Crippen LogP contribution in [0.3, 0.4) is 0 Å². The van der Waals surface area contributed by atoms with Crippen molar-refractivity contribution in [2.45, 2.75) is 37.4 Å². The predicted molar refractivity (Wildman–Crippen MR) is 76.0 cm³/mol. The maximum absolute atomic E-state index is 12.5. The molecule has 1 fully saturated rings. The summed E-state index contributed by atoms with van der Waals surface area (Å²) in [5.74, 6) is -1.42. The molecule has 0 bridgehead atoms. The van der Waals surface area contributed by atoms with Crippen LogP contribution in [0.2, 0.25) is 0 Å². The third-order valence-electron chi connectivity index (χ3n) is 3.69. The van der Waals surface area contributed by atoms with Crippen molar-refractivity contribution in [3.8, 4) is 6.07 Å². The molecular weight excluding hydrogens is 274 g/mol. The van der Waals surface area contributed by atoms with Crippen molar-refractivity contribution < 1.29 is 13.2 Å². The van der Waals surface area contributed by atoms with E-state index in [2.05, 4.69) is 0 Å². The molecule has 0 N–H and O–H groups in total. The average molecular weight is 291 g/mol. The second-order valence-electron chi connectivity index (χ2n) is 5.23. The summed E-state index contributed by atoms with van der Waals surface area (Å²) < 4.78 is 24.0. The van der Waals surface area contributed by atoms with Crippen LogP contribution in [0.4, 0.5) is 0 Å². The normalized spacial score (nSPS) is 22.7. The molecule has 1 aliphatic heterocycles. The lowest BCUT2D eigenvalue weighted by atomic mass is 9.91. The summed E-state index contributed by atoms with van der Waals surface area (Å²) in [5, 5.41) is 8.26. The highest BCUT2D eigenvalue weighted by molar-refractivity contribution is 7.92. The number of hydrogen-bond acceptors (Lipinski definition) is 4. The molecule has 0 amide bonds. The van der Waals surface area contributed by atoms with E-state index in [4.69, 9.17) is 0 Å². The minimum absolute atomic E-state index is 0.0510. The lowest BCUT2D eigenvalue weighted by Crippen LogP contribution is -2.38. The van der Waals surface area contributed by atoms with Crippen LogP contribution in [0.1, 0.15) is 36.3 Å². The molecule has 0 radical (unpaired) electrons. The van der Waals surface area contributed by atoms with Gasteiger partial charge in [0.15, 0.2) is 15.6 Å². The Morgan fingerprint density at radius 3 is 2.75 bits per heavy atom. The first-order valence-electron chi connectivity index (χ1n) is 6.67. The fraction of sp³-hybridized carbons (Fsp3) is 0.467. The third kappa shape index (κ3) is 2.91. The summed E-state index contributed by atoms with van der Waals surface area (Å²) in [5.41, 5.74) is 1.53. The van der Waals surface area contributed by atoms with Crippen LogP contribution in [0.5, 0.6) is 0 Å². The minimum Gasteiger partial charge on any atom is -0.296 e. The van der Waals surface area contributed by atoms with Crippen molar-refractivity contribution in [2.75, 3.05) is 5.75 Å². The average Bonchev–Trinajstić information content (AvgIpc) is 2.39. The highest BCUT2D eigenvalue weighted by atomic mass is 32.2. The lowest BCUT2D eigenvalue weighted by Gasteiger charge is -2.23. The van der Waals surface area contributed by atoms with Crippen molar-refractivity contribution in [1.82, 2.24) is 0 Å². The molecule has 2 atom stereocenters. The molecule has 0 aliphatic carbocycles. The number of nitrogens with zero attached hydrogens (tertiary/aromatic N) is 1. The number of sulfone groups is 1. The van der Waals surface area contributed by atoms with Crippen LogP contribution >= 0.6 is 0 Å². The molecule has 0 spiro atoms.